The highest BCUT2D eigenvalue weighted by Gasteiger charge is 2.35. The highest BCUT2D eigenvalue weighted by atomic mass is 32.1. The Morgan fingerprint density at radius 3 is 2.83 bits per heavy atom. The van der Waals surface area contributed by atoms with Crippen LogP contribution in [0.4, 0.5) is 5.82 Å². The third-order valence-corrected chi connectivity index (χ3v) is 5.99. The van der Waals surface area contributed by atoms with Crippen molar-refractivity contribution in [3.63, 3.8) is 0 Å². The zero-order chi connectivity index (χ0) is 20.7. The molecular weight excluding hydrogens is 390 g/mol. The van der Waals surface area contributed by atoms with Crippen LogP contribution in [0.1, 0.15) is 26.0 Å². The Morgan fingerprint density at radius 2 is 2.14 bits per heavy atom. The summed E-state index contributed by atoms with van der Waals surface area (Å²) in [5.74, 6) is 0.788. The van der Waals surface area contributed by atoms with Crippen molar-refractivity contribution in [2.75, 3.05) is 19.0 Å². The monoisotopic (exact) mass is 413 g/mol. The molecule has 1 unspecified atom stereocenters. The van der Waals surface area contributed by atoms with Gasteiger partial charge in [0, 0.05) is 25.1 Å². The van der Waals surface area contributed by atoms with Crippen LogP contribution < -0.4 is 10.1 Å². The molecule has 1 saturated heterocycles. The fourth-order valence-electron chi connectivity index (χ4n) is 3.48. The molecular formula is C20H23N5O3S. The second kappa shape index (κ2) is 7.47. The molecule has 1 N–H and O–H groups in total. The number of anilines is 1. The molecule has 2 amide bonds. The molecule has 1 aliphatic rings. The first-order chi connectivity index (χ1) is 13.9. The number of methoxy groups -OCH3 is 1. The number of nitrogens with one attached hydrogen (secondary N) is 1. The molecule has 3 heterocycles. The molecule has 9 heteroatoms. The summed E-state index contributed by atoms with van der Waals surface area (Å²) in [6.45, 7) is 6.22. The third-order valence-electron chi connectivity index (χ3n) is 5.00. The SMILES string of the molecule is COc1ccc2nc(-n3nc(C)cc3NC(=O)C3CC(=O)N(C(C)C)C3)sc2c1. The lowest BCUT2D eigenvalue weighted by Gasteiger charge is -2.20. The number of fused-ring (bicyclic) bond motifs is 1. The quantitative estimate of drug-likeness (QED) is 0.695. The number of hydrogen-bond donors (Lipinski definition) is 1. The van der Waals surface area contributed by atoms with Crippen LogP contribution in [0.25, 0.3) is 15.3 Å². The number of thiazole rings is 1. The summed E-state index contributed by atoms with van der Waals surface area (Å²) in [6, 6.07) is 7.58. The molecule has 3 aromatic rings. The van der Waals surface area contributed by atoms with Crippen LogP contribution in [0.15, 0.2) is 24.3 Å². The second-order valence-electron chi connectivity index (χ2n) is 7.44. The third kappa shape index (κ3) is 3.69. The number of likely N-dealkylation sites (tertiary alicyclic amines) is 1. The highest BCUT2D eigenvalue weighted by molar-refractivity contribution is 7.20. The maximum Gasteiger partial charge on any atom is 0.230 e. The number of aryl methyl sites for hydroxylation is 1. The lowest BCUT2D eigenvalue weighted by Crippen LogP contribution is -2.33. The van der Waals surface area contributed by atoms with Gasteiger partial charge in [-0.25, -0.2) is 4.98 Å². The summed E-state index contributed by atoms with van der Waals surface area (Å²) in [5, 5.41) is 8.10. The predicted molar refractivity (Wildman–Crippen MR) is 112 cm³/mol. The fourth-order valence-corrected chi connectivity index (χ4v) is 4.44. The van der Waals surface area contributed by atoms with Crippen LogP contribution in [0.2, 0.25) is 0 Å². The fraction of sp³-hybridized carbons (Fsp3) is 0.400. The summed E-state index contributed by atoms with van der Waals surface area (Å²) in [5.41, 5.74) is 1.61. The molecule has 0 bridgehead atoms. The number of nitrogens with zero attached hydrogens (tertiary/aromatic N) is 4. The summed E-state index contributed by atoms with van der Waals surface area (Å²) in [4.78, 5) is 31.3. The van der Waals surface area contributed by atoms with Gasteiger partial charge in [0.05, 0.1) is 28.9 Å². The van der Waals surface area contributed by atoms with Crippen LogP contribution in [-0.4, -0.2) is 51.2 Å². The van der Waals surface area contributed by atoms with E-state index in [9.17, 15) is 9.59 Å². The number of carbonyl (C=O) groups is 2. The summed E-state index contributed by atoms with van der Waals surface area (Å²) in [6.07, 6.45) is 0.234. The van der Waals surface area contributed by atoms with E-state index < -0.39 is 0 Å². The van der Waals surface area contributed by atoms with Crippen molar-refractivity contribution in [2.45, 2.75) is 33.2 Å². The molecule has 152 valence electrons. The maximum absolute atomic E-state index is 12.8. The van der Waals surface area contributed by atoms with E-state index in [0.29, 0.717) is 17.5 Å². The molecule has 2 aromatic heterocycles. The smallest absolute Gasteiger partial charge is 0.230 e. The Bertz CT molecular complexity index is 1090. The van der Waals surface area contributed by atoms with Gasteiger partial charge in [0.2, 0.25) is 16.9 Å². The molecule has 8 nitrogen and oxygen atoms in total. The van der Waals surface area contributed by atoms with Crippen molar-refractivity contribution in [3.05, 3.63) is 30.0 Å². The van der Waals surface area contributed by atoms with Gasteiger partial charge >= 0.3 is 0 Å². The standard InChI is InChI=1S/C20H23N5O3S/c1-11(2)24-10-13(8-18(24)26)19(27)22-17-7-12(3)23-25(17)20-21-15-6-5-14(28-4)9-16(15)29-20/h5-7,9,11,13H,8,10H2,1-4H3,(H,22,27). The van der Waals surface area contributed by atoms with E-state index in [-0.39, 0.29) is 30.2 Å². The number of aromatic nitrogens is 3. The molecule has 1 fully saturated rings. The van der Waals surface area contributed by atoms with E-state index in [1.165, 1.54) is 11.3 Å². The van der Waals surface area contributed by atoms with Crippen molar-refractivity contribution in [3.8, 4) is 10.9 Å². The molecule has 29 heavy (non-hydrogen) atoms. The minimum absolute atomic E-state index is 0.0185. The van der Waals surface area contributed by atoms with Crippen molar-refractivity contribution in [2.24, 2.45) is 5.92 Å². The largest absolute Gasteiger partial charge is 0.497 e. The molecule has 0 radical (unpaired) electrons. The molecule has 4 rings (SSSR count). The van der Waals surface area contributed by atoms with Gasteiger partial charge in [-0.2, -0.15) is 9.78 Å². The van der Waals surface area contributed by atoms with Crippen LogP contribution in [0, 0.1) is 12.8 Å². The lowest BCUT2D eigenvalue weighted by molar-refractivity contribution is -0.129. The normalized spacial score (nSPS) is 16.8. The molecule has 1 atom stereocenters. The van der Waals surface area contributed by atoms with Crippen molar-refractivity contribution < 1.29 is 14.3 Å². The molecule has 0 saturated carbocycles. The number of rotatable bonds is 5. The van der Waals surface area contributed by atoms with Crippen LogP contribution in [0.3, 0.4) is 0 Å². The number of benzene rings is 1. The van der Waals surface area contributed by atoms with E-state index in [1.54, 1.807) is 16.7 Å². The highest BCUT2D eigenvalue weighted by Crippen LogP contribution is 2.30. The van der Waals surface area contributed by atoms with Gasteiger partial charge < -0.3 is 15.0 Å². The Kier molecular flexibility index (Phi) is 4.99. The first kappa shape index (κ1) is 19.4. The summed E-state index contributed by atoms with van der Waals surface area (Å²) < 4.78 is 7.89. The topological polar surface area (TPSA) is 89.3 Å². The molecule has 0 spiro atoms. The van der Waals surface area contributed by atoms with Gasteiger partial charge in [-0.05, 0) is 39.0 Å². The van der Waals surface area contributed by atoms with Crippen LogP contribution >= 0.6 is 11.3 Å². The van der Waals surface area contributed by atoms with Gasteiger partial charge in [-0.1, -0.05) is 11.3 Å². The number of carbonyl (C=O) groups excluding carboxylic acids is 2. The second-order valence-corrected chi connectivity index (χ2v) is 8.45. The van der Waals surface area contributed by atoms with Crippen LogP contribution in [0.5, 0.6) is 5.75 Å². The van der Waals surface area contributed by atoms with Gasteiger partial charge in [0.1, 0.15) is 11.6 Å². The number of ether oxygens (including phenoxy) is 1. The van der Waals surface area contributed by atoms with Gasteiger partial charge in [-0.15, -0.1) is 0 Å². The minimum atomic E-state index is -0.367. The van der Waals surface area contributed by atoms with E-state index in [1.807, 2.05) is 45.0 Å². The average Bonchev–Trinajstić information content (AvgIpc) is 3.37. The lowest BCUT2D eigenvalue weighted by atomic mass is 10.1. The zero-order valence-corrected chi connectivity index (χ0v) is 17.6. The predicted octanol–water partition coefficient (Wildman–Crippen LogP) is 2.99. The molecule has 0 aliphatic carbocycles. The van der Waals surface area contributed by atoms with Crippen molar-refractivity contribution >= 4 is 39.2 Å². The zero-order valence-electron chi connectivity index (χ0n) is 16.8. The Balaban J connectivity index is 1.59. The van der Waals surface area contributed by atoms with Gasteiger partial charge in [-0.3, -0.25) is 9.59 Å². The Morgan fingerprint density at radius 1 is 1.34 bits per heavy atom. The average molecular weight is 414 g/mol. The molecule has 1 aromatic carbocycles. The van der Waals surface area contributed by atoms with Gasteiger partial charge in [0.25, 0.3) is 0 Å². The van der Waals surface area contributed by atoms with Crippen LogP contribution in [-0.2, 0) is 9.59 Å². The summed E-state index contributed by atoms with van der Waals surface area (Å²) in [7, 11) is 1.63. The van der Waals surface area contributed by atoms with Gasteiger partial charge in [0.15, 0.2) is 0 Å². The maximum atomic E-state index is 12.8. The Hall–Kier alpha value is -2.94. The minimum Gasteiger partial charge on any atom is -0.497 e. The van der Waals surface area contributed by atoms with Crippen molar-refractivity contribution in [1.29, 1.82) is 0 Å². The first-order valence-electron chi connectivity index (χ1n) is 9.47. The van der Waals surface area contributed by atoms with E-state index >= 15 is 0 Å². The number of amides is 2. The van der Waals surface area contributed by atoms with E-state index in [0.717, 1.165) is 21.7 Å². The van der Waals surface area contributed by atoms with E-state index in [4.69, 9.17) is 4.74 Å². The summed E-state index contributed by atoms with van der Waals surface area (Å²) >= 11 is 1.47. The van der Waals surface area contributed by atoms with E-state index in [2.05, 4.69) is 15.4 Å². The number of hydrogen-bond acceptors (Lipinski definition) is 6. The first-order valence-corrected chi connectivity index (χ1v) is 10.3. The van der Waals surface area contributed by atoms with Crippen molar-refractivity contribution in [1.82, 2.24) is 19.7 Å². The molecule has 1 aliphatic heterocycles. The Labute approximate surface area is 172 Å².